The summed E-state index contributed by atoms with van der Waals surface area (Å²) in [7, 11) is -2.07. The van der Waals surface area contributed by atoms with E-state index in [9.17, 15) is 13.2 Å². The number of amides is 1. The van der Waals surface area contributed by atoms with Crippen molar-refractivity contribution in [3.8, 4) is 10.7 Å². The van der Waals surface area contributed by atoms with Crippen molar-refractivity contribution in [2.75, 3.05) is 17.8 Å². The van der Waals surface area contributed by atoms with Crippen LogP contribution in [0.4, 0.5) is 5.69 Å². The van der Waals surface area contributed by atoms with Crippen LogP contribution in [0.25, 0.3) is 10.7 Å². The largest absolute Gasteiger partial charge is 0.345 e. The van der Waals surface area contributed by atoms with Gasteiger partial charge in [-0.3, -0.25) is 9.52 Å². The van der Waals surface area contributed by atoms with Crippen molar-refractivity contribution in [1.82, 2.24) is 14.5 Å². The van der Waals surface area contributed by atoms with Crippen LogP contribution in [0.15, 0.2) is 29.2 Å². The Hall–Kier alpha value is -2.36. The van der Waals surface area contributed by atoms with Gasteiger partial charge in [0.15, 0.2) is 0 Å². The number of sulfonamides is 1. The maximum Gasteiger partial charge on any atom is 0.265 e. The third-order valence-corrected chi connectivity index (χ3v) is 8.37. The Labute approximate surface area is 198 Å². The van der Waals surface area contributed by atoms with E-state index in [0.717, 1.165) is 5.56 Å². The maximum absolute atomic E-state index is 13.2. The van der Waals surface area contributed by atoms with E-state index in [2.05, 4.69) is 9.71 Å². The predicted octanol–water partition coefficient (Wildman–Crippen LogP) is 5.01. The van der Waals surface area contributed by atoms with Crippen molar-refractivity contribution >= 4 is 44.6 Å². The number of carbonyl (C=O) groups is 1. The molecular formula is C22H27ClN4O3S2. The third kappa shape index (κ3) is 4.55. The molecular weight excluding hydrogens is 468 g/mol. The third-order valence-electron chi connectivity index (χ3n) is 5.48. The number of aryl methyl sites for hydroxylation is 2. The summed E-state index contributed by atoms with van der Waals surface area (Å²) in [6, 6.07) is 6.66. The van der Waals surface area contributed by atoms with Crippen LogP contribution in [-0.4, -0.2) is 41.9 Å². The SMILES string of the molecule is CCN(CC)C(=O)c1sc(-c2cc(S(=O)(=O)Nc3cc(Cl)ccc3C)c(C)n2C)nc1C. The standard InChI is InChI=1S/C22H27ClN4O3S2/c1-7-27(8-2)22(28)20-14(4)24-21(31-20)18-12-19(15(5)26(18)6)32(29,30)25-17-11-16(23)10-9-13(17)3/h9-12,25H,7-8H2,1-6H3. The highest BCUT2D eigenvalue weighted by atomic mass is 35.5. The Morgan fingerprint density at radius 2 is 1.84 bits per heavy atom. The zero-order valence-corrected chi connectivity index (χ0v) is 21.4. The molecule has 0 aliphatic rings. The molecule has 2 aromatic heterocycles. The van der Waals surface area contributed by atoms with Gasteiger partial charge in [-0.2, -0.15) is 0 Å². The number of hydrogen-bond donors (Lipinski definition) is 1. The summed E-state index contributed by atoms with van der Waals surface area (Å²) >= 11 is 7.32. The Morgan fingerprint density at radius 1 is 1.19 bits per heavy atom. The molecule has 1 N–H and O–H groups in total. The highest BCUT2D eigenvalue weighted by molar-refractivity contribution is 7.92. The van der Waals surface area contributed by atoms with Gasteiger partial charge in [0.25, 0.3) is 15.9 Å². The summed E-state index contributed by atoms with van der Waals surface area (Å²) in [4.78, 5) is 19.9. The summed E-state index contributed by atoms with van der Waals surface area (Å²) in [6.45, 7) is 10.4. The molecule has 2 heterocycles. The monoisotopic (exact) mass is 494 g/mol. The van der Waals surface area contributed by atoms with Gasteiger partial charge in [-0.1, -0.05) is 17.7 Å². The van der Waals surface area contributed by atoms with Crippen molar-refractivity contribution < 1.29 is 13.2 Å². The molecule has 3 aromatic rings. The molecule has 0 aliphatic carbocycles. The molecule has 0 saturated heterocycles. The summed E-state index contributed by atoms with van der Waals surface area (Å²) in [6.07, 6.45) is 0. The number of anilines is 1. The van der Waals surface area contributed by atoms with Crippen LogP contribution in [0.1, 0.15) is 40.5 Å². The van der Waals surface area contributed by atoms with Crippen molar-refractivity contribution in [2.45, 2.75) is 39.5 Å². The average Bonchev–Trinajstić information content (AvgIpc) is 3.26. The van der Waals surface area contributed by atoms with Gasteiger partial charge in [0.1, 0.15) is 14.8 Å². The minimum atomic E-state index is -3.86. The Morgan fingerprint density at radius 3 is 2.47 bits per heavy atom. The molecule has 0 fully saturated rings. The number of rotatable bonds is 7. The lowest BCUT2D eigenvalue weighted by Gasteiger charge is -2.17. The number of aromatic nitrogens is 2. The number of nitrogens with zero attached hydrogens (tertiary/aromatic N) is 3. The minimum absolute atomic E-state index is 0.0619. The number of benzene rings is 1. The number of carbonyl (C=O) groups excluding carboxylic acids is 1. The van der Waals surface area contributed by atoms with Crippen molar-refractivity contribution in [3.63, 3.8) is 0 Å². The van der Waals surface area contributed by atoms with Crippen LogP contribution in [0.3, 0.4) is 0 Å². The Balaban J connectivity index is 2.02. The van der Waals surface area contributed by atoms with E-state index in [1.807, 2.05) is 20.8 Å². The minimum Gasteiger partial charge on any atom is -0.345 e. The molecule has 7 nitrogen and oxygen atoms in total. The number of halogens is 1. The van der Waals surface area contributed by atoms with Gasteiger partial charge in [-0.25, -0.2) is 13.4 Å². The van der Waals surface area contributed by atoms with Gasteiger partial charge in [-0.05, 0) is 58.4 Å². The molecule has 0 saturated carbocycles. The first kappa shape index (κ1) is 24.3. The highest BCUT2D eigenvalue weighted by Crippen LogP contribution is 2.34. The zero-order chi connectivity index (χ0) is 23.8. The first-order valence-electron chi connectivity index (χ1n) is 10.2. The molecule has 0 atom stereocenters. The van der Waals surface area contributed by atoms with Gasteiger partial charge in [-0.15, -0.1) is 11.3 Å². The molecule has 3 rings (SSSR count). The lowest BCUT2D eigenvalue weighted by Crippen LogP contribution is -2.30. The summed E-state index contributed by atoms with van der Waals surface area (Å²) < 4.78 is 30.8. The quantitative estimate of drug-likeness (QED) is 0.500. The maximum atomic E-state index is 13.2. The van der Waals surface area contributed by atoms with Gasteiger partial charge < -0.3 is 9.47 Å². The molecule has 0 bridgehead atoms. The second kappa shape index (κ2) is 9.25. The molecule has 0 spiro atoms. The first-order valence-corrected chi connectivity index (χ1v) is 12.9. The lowest BCUT2D eigenvalue weighted by molar-refractivity contribution is 0.0777. The van der Waals surface area contributed by atoms with Crippen LogP contribution in [-0.2, 0) is 17.1 Å². The molecule has 1 amide bonds. The molecule has 172 valence electrons. The fourth-order valence-corrected chi connectivity index (χ4v) is 6.08. The van der Waals surface area contributed by atoms with Gasteiger partial charge in [0.05, 0.1) is 17.1 Å². The van der Waals surface area contributed by atoms with Crippen LogP contribution < -0.4 is 4.72 Å². The van der Waals surface area contributed by atoms with Gasteiger partial charge >= 0.3 is 0 Å². The van der Waals surface area contributed by atoms with E-state index in [1.165, 1.54) is 11.3 Å². The number of hydrogen-bond acceptors (Lipinski definition) is 5. The molecule has 10 heteroatoms. The molecule has 32 heavy (non-hydrogen) atoms. The Bertz CT molecular complexity index is 1270. The molecule has 0 aliphatic heterocycles. The smallest absolute Gasteiger partial charge is 0.265 e. The van der Waals surface area contributed by atoms with Gasteiger partial charge in [0, 0.05) is 30.9 Å². The summed E-state index contributed by atoms with van der Waals surface area (Å²) in [5.41, 5.74) is 3.04. The fourth-order valence-electron chi connectivity index (χ4n) is 3.41. The van der Waals surface area contributed by atoms with E-state index in [-0.39, 0.29) is 10.8 Å². The molecule has 1 aromatic carbocycles. The fraction of sp³-hybridized carbons (Fsp3) is 0.364. The lowest BCUT2D eigenvalue weighted by atomic mass is 10.2. The summed E-state index contributed by atoms with van der Waals surface area (Å²) in [5, 5.41) is 1.05. The van der Waals surface area contributed by atoms with Crippen LogP contribution in [0.2, 0.25) is 5.02 Å². The van der Waals surface area contributed by atoms with Crippen molar-refractivity contribution in [1.29, 1.82) is 0 Å². The predicted molar refractivity (Wildman–Crippen MR) is 130 cm³/mol. The van der Waals surface area contributed by atoms with E-state index in [4.69, 9.17) is 11.6 Å². The topological polar surface area (TPSA) is 84.3 Å². The normalized spacial score (nSPS) is 11.6. The van der Waals surface area contributed by atoms with Crippen LogP contribution in [0.5, 0.6) is 0 Å². The second-order valence-electron chi connectivity index (χ2n) is 7.51. The first-order chi connectivity index (χ1) is 15.0. The molecule has 0 radical (unpaired) electrons. The van der Waals surface area contributed by atoms with Crippen LogP contribution in [0, 0.1) is 20.8 Å². The number of nitrogens with one attached hydrogen (secondary N) is 1. The van der Waals surface area contributed by atoms with Crippen molar-refractivity contribution in [2.24, 2.45) is 7.05 Å². The zero-order valence-electron chi connectivity index (χ0n) is 19.0. The van der Waals surface area contributed by atoms with Crippen LogP contribution >= 0.6 is 22.9 Å². The average molecular weight is 495 g/mol. The van der Waals surface area contributed by atoms with E-state index in [0.29, 0.717) is 50.8 Å². The highest BCUT2D eigenvalue weighted by Gasteiger charge is 2.26. The number of thiazole rings is 1. The second-order valence-corrected chi connectivity index (χ2v) is 10.6. The molecule has 0 unspecified atom stereocenters. The van der Waals surface area contributed by atoms with E-state index >= 15 is 0 Å². The van der Waals surface area contributed by atoms with Crippen molar-refractivity contribution in [3.05, 3.63) is 51.1 Å². The van der Waals surface area contributed by atoms with E-state index in [1.54, 1.807) is 54.6 Å². The summed E-state index contributed by atoms with van der Waals surface area (Å²) in [5.74, 6) is -0.0619. The van der Waals surface area contributed by atoms with Gasteiger partial charge in [0.2, 0.25) is 0 Å². The Kier molecular flexibility index (Phi) is 7.02. The van der Waals surface area contributed by atoms with E-state index < -0.39 is 10.0 Å².